The molecule has 106 valence electrons. The summed E-state index contributed by atoms with van der Waals surface area (Å²) in [6.45, 7) is 5.66. The molecule has 20 heavy (non-hydrogen) atoms. The van der Waals surface area contributed by atoms with E-state index in [1.165, 1.54) is 12.1 Å². The number of nitrogens with one attached hydrogen (secondary N) is 1. The summed E-state index contributed by atoms with van der Waals surface area (Å²) >= 11 is 0. The summed E-state index contributed by atoms with van der Waals surface area (Å²) in [5.74, 6) is -1.07. The van der Waals surface area contributed by atoms with Gasteiger partial charge in [0.1, 0.15) is 11.6 Å². The first-order valence-electron chi connectivity index (χ1n) is 6.87. The third-order valence-corrected chi connectivity index (χ3v) is 3.23. The van der Waals surface area contributed by atoms with Crippen molar-refractivity contribution in [1.82, 2.24) is 5.32 Å². The van der Waals surface area contributed by atoms with Crippen molar-refractivity contribution in [1.29, 1.82) is 0 Å². The van der Waals surface area contributed by atoms with Crippen LogP contribution in [0.1, 0.15) is 24.5 Å². The average molecular weight is 275 g/mol. The molecule has 0 spiro atoms. The molecule has 0 radical (unpaired) electrons. The molecule has 0 aliphatic carbocycles. The van der Waals surface area contributed by atoms with E-state index in [2.05, 4.69) is 12.2 Å². The molecule has 2 rings (SSSR count). The highest BCUT2D eigenvalue weighted by atomic mass is 19.1. The van der Waals surface area contributed by atoms with Gasteiger partial charge in [0.05, 0.1) is 0 Å². The Bertz CT molecular complexity index is 594. The molecule has 0 aromatic heterocycles. The summed E-state index contributed by atoms with van der Waals surface area (Å²) in [5.41, 5.74) is 3.35. The maximum absolute atomic E-state index is 14.0. The van der Waals surface area contributed by atoms with Crippen LogP contribution >= 0.6 is 0 Å². The van der Waals surface area contributed by atoms with E-state index >= 15 is 0 Å². The van der Waals surface area contributed by atoms with Gasteiger partial charge in [-0.1, -0.05) is 30.7 Å². The van der Waals surface area contributed by atoms with Gasteiger partial charge in [-0.15, -0.1) is 0 Å². The molecule has 0 bridgehead atoms. The lowest BCUT2D eigenvalue weighted by molar-refractivity contribution is 0.585. The fourth-order valence-electron chi connectivity index (χ4n) is 2.20. The minimum atomic E-state index is -0.551. The summed E-state index contributed by atoms with van der Waals surface area (Å²) in [6, 6.07) is 9.68. The van der Waals surface area contributed by atoms with E-state index in [-0.39, 0.29) is 0 Å². The first-order valence-corrected chi connectivity index (χ1v) is 6.87. The lowest BCUT2D eigenvalue weighted by atomic mass is 9.97. The predicted molar refractivity (Wildman–Crippen MR) is 78.5 cm³/mol. The van der Waals surface area contributed by atoms with E-state index in [1.807, 2.05) is 25.1 Å². The third-order valence-electron chi connectivity index (χ3n) is 3.23. The largest absolute Gasteiger partial charge is 0.313 e. The molecule has 0 atom stereocenters. The Morgan fingerprint density at radius 3 is 2.50 bits per heavy atom. The van der Waals surface area contributed by atoms with Gasteiger partial charge in [-0.05, 0) is 43.1 Å². The molecule has 0 aliphatic rings. The van der Waals surface area contributed by atoms with Crippen LogP contribution in [0.4, 0.5) is 8.78 Å². The third kappa shape index (κ3) is 3.42. The van der Waals surface area contributed by atoms with Crippen molar-refractivity contribution in [3.63, 3.8) is 0 Å². The van der Waals surface area contributed by atoms with E-state index in [4.69, 9.17) is 0 Å². The second kappa shape index (κ2) is 6.62. The second-order valence-electron chi connectivity index (χ2n) is 4.96. The zero-order chi connectivity index (χ0) is 14.5. The summed E-state index contributed by atoms with van der Waals surface area (Å²) < 4.78 is 27.0. The first-order chi connectivity index (χ1) is 9.61. The molecular weight excluding hydrogens is 256 g/mol. The maximum Gasteiger partial charge on any atom is 0.133 e. The molecule has 0 unspecified atom stereocenters. The van der Waals surface area contributed by atoms with Gasteiger partial charge < -0.3 is 5.32 Å². The molecule has 0 fully saturated rings. The predicted octanol–water partition coefficient (Wildman–Crippen LogP) is 4.44. The first kappa shape index (κ1) is 14.7. The molecular formula is C17H19F2N. The minimum absolute atomic E-state index is 0.448. The van der Waals surface area contributed by atoms with Crippen molar-refractivity contribution in [2.45, 2.75) is 26.8 Å². The Kier molecular flexibility index (Phi) is 4.85. The lowest BCUT2D eigenvalue weighted by Crippen LogP contribution is -2.14. The smallest absolute Gasteiger partial charge is 0.133 e. The number of rotatable bonds is 5. The topological polar surface area (TPSA) is 12.0 Å². The van der Waals surface area contributed by atoms with Crippen LogP contribution in [0.3, 0.4) is 0 Å². The highest BCUT2D eigenvalue weighted by Crippen LogP contribution is 2.28. The zero-order valence-corrected chi connectivity index (χ0v) is 11.8. The fourth-order valence-corrected chi connectivity index (χ4v) is 2.20. The molecule has 0 aliphatic heterocycles. The van der Waals surface area contributed by atoms with Crippen LogP contribution in [0.25, 0.3) is 11.1 Å². The van der Waals surface area contributed by atoms with Gasteiger partial charge in [0.15, 0.2) is 0 Å². The molecule has 2 aromatic rings. The van der Waals surface area contributed by atoms with Crippen LogP contribution < -0.4 is 5.32 Å². The van der Waals surface area contributed by atoms with Crippen molar-refractivity contribution in [3.05, 3.63) is 59.2 Å². The van der Waals surface area contributed by atoms with Crippen molar-refractivity contribution in [3.8, 4) is 11.1 Å². The normalized spacial score (nSPS) is 10.8. The molecule has 0 heterocycles. The van der Waals surface area contributed by atoms with Crippen LogP contribution in [0.2, 0.25) is 0 Å². The van der Waals surface area contributed by atoms with Gasteiger partial charge in [-0.2, -0.15) is 0 Å². The number of hydrogen-bond acceptors (Lipinski definition) is 1. The second-order valence-corrected chi connectivity index (χ2v) is 4.96. The number of aryl methyl sites for hydroxylation is 1. The zero-order valence-electron chi connectivity index (χ0n) is 11.8. The molecule has 1 nitrogen and oxygen atoms in total. The quantitative estimate of drug-likeness (QED) is 0.795. The van der Waals surface area contributed by atoms with Crippen molar-refractivity contribution in [2.75, 3.05) is 6.54 Å². The van der Waals surface area contributed by atoms with Gasteiger partial charge >= 0.3 is 0 Å². The fraction of sp³-hybridized carbons (Fsp3) is 0.294. The van der Waals surface area contributed by atoms with E-state index in [9.17, 15) is 8.78 Å². The van der Waals surface area contributed by atoms with Gasteiger partial charge in [-0.25, -0.2) is 8.78 Å². The Balaban J connectivity index is 2.40. The minimum Gasteiger partial charge on any atom is -0.313 e. The van der Waals surface area contributed by atoms with Crippen LogP contribution in [0.15, 0.2) is 36.4 Å². The molecule has 0 saturated carbocycles. The van der Waals surface area contributed by atoms with E-state index in [1.54, 1.807) is 0 Å². The highest BCUT2D eigenvalue weighted by molar-refractivity contribution is 5.68. The molecule has 0 amide bonds. The van der Waals surface area contributed by atoms with Gasteiger partial charge in [0.2, 0.25) is 0 Å². The molecule has 3 heteroatoms. The standard InChI is InChI=1S/C17H19F2N/c1-3-8-20-11-13-5-4-12(2)9-16(13)15-7-6-14(18)10-17(15)19/h4-7,9-10,20H,3,8,11H2,1-2H3. The molecule has 0 saturated heterocycles. The Morgan fingerprint density at radius 2 is 1.80 bits per heavy atom. The Labute approximate surface area is 118 Å². The van der Waals surface area contributed by atoms with E-state index in [0.717, 1.165) is 35.7 Å². The van der Waals surface area contributed by atoms with E-state index < -0.39 is 11.6 Å². The highest BCUT2D eigenvalue weighted by Gasteiger charge is 2.11. The van der Waals surface area contributed by atoms with Crippen LogP contribution in [0, 0.1) is 18.6 Å². The summed E-state index contributed by atoms with van der Waals surface area (Å²) in [7, 11) is 0. The van der Waals surface area contributed by atoms with Crippen LogP contribution in [-0.4, -0.2) is 6.54 Å². The Morgan fingerprint density at radius 1 is 1.00 bits per heavy atom. The van der Waals surface area contributed by atoms with Crippen molar-refractivity contribution >= 4 is 0 Å². The van der Waals surface area contributed by atoms with Crippen molar-refractivity contribution in [2.24, 2.45) is 0 Å². The Hall–Kier alpha value is -1.74. The lowest BCUT2D eigenvalue weighted by Gasteiger charge is -2.12. The molecule has 1 N–H and O–H groups in total. The maximum atomic E-state index is 14.0. The average Bonchev–Trinajstić information content (AvgIpc) is 2.41. The summed E-state index contributed by atoms with van der Waals surface area (Å²) in [4.78, 5) is 0. The number of halogens is 2. The van der Waals surface area contributed by atoms with E-state index in [0.29, 0.717) is 12.1 Å². The van der Waals surface area contributed by atoms with Gasteiger partial charge in [0.25, 0.3) is 0 Å². The monoisotopic (exact) mass is 275 g/mol. The van der Waals surface area contributed by atoms with Crippen LogP contribution in [-0.2, 0) is 6.54 Å². The SMILES string of the molecule is CCCNCc1ccc(C)cc1-c1ccc(F)cc1F. The summed E-state index contributed by atoms with van der Waals surface area (Å²) in [5, 5.41) is 3.32. The summed E-state index contributed by atoms with van der Waals surface area (Å²) in [6.07, 6.45) is 1.05. The number of benzene rings is 2. The van der Waals surface area contributed by atoms with Crippen molar-refractivity contribution < 1.29 is 8.78 Å². The number of hydrogen-bond donors (Lipinski definition) is 1. The van der Waals surface area contributed by atoms with Gasteiger partial charge in [-0.3, -0.25) is 0 Å². The van der Waals surface area contributed by atoms with Crippen LogP contribution in [0.5, 0.6) is 0 Å². The van der Waals surface area contributed by atoms with Gasteiger partial charge in [0, 0.05) is 18.2 Å². The molecule has 2 aromatic carbocycles.